The van der Waals surface area contributed by atoms with E-state index in [2.05, 4.69) is 9.36 Å². The molecule has 0 saturated carbocycles. The lowest BCUT2D eigenvalue weighted by Gasteiger charge is -2.14. The molecule has 0 aliphatic carbocycles. The minimum atomic E-state index is -1.84. The van der Waals surface area contributed by atoms with E-state index in [4.69, 9.17) is 34.8 Å². The summed E-state index contributed by atoms with van der Waals surface area (Å²) < 4.78 is 3.81. The molecule has 4 aromatic rings. The third kappa shape index (κ3) is 3.98. The molecule has 0 radical (unpaired) electrons. The molecule has 0 bridgehead atoms. The summed E-state index contributed by atoms with van der Waals surface area (Å²) in [4.78, 5) is 18.4. The number of phenols is 1. The van der Waals surface area contributed by atoms with E-state index in [1.165, 1.54) is 4.57 Å². The van der Waals surface area contributed by atoms with Crippen LogP contribution in [-0.2, 0) is 16.8 Å². The van der Waals surface area contributed by atoms with Gasteiger partial charge in [0, 0.05) is 6.54 Å². The van der Waals surface area contributed by atoms with Crippen LogP contribution in [0.1, 0.15) is 11.3 Å². The molecule has 1 N–H and O–H groups in total. The molecule has 148 valence electrons. The maximum Gasteiger partial charge on any atom is 0.264 e. The molecule has 0 fully saturated rings. The van der Waals surface area contributed by atoms with Crippen LogP contribution in [0.2, 0.25) is 0 Å². The smallest absolute Gasteiger partial charge is 0.264 e. The summed E-state index contributed by atoms with van der Waals surface area (Å²) in [7, 11) is 0. The molecule has 2 aromatic carbocycles. The van der Waals surface area contributed by atoms with E-state index < -0.39 is 3.79 Å². The Morgan fingerprint density at radius 3 is 2.41 bits per heavy atom. The number of para-hydroxylation sites is 1. The number of hydrogen-bond donors (Lipinski definition) is 1. The number of aryl methyl sites for hydroxylation is 1. The van der Waals surface area contributed by atoms with Gasteiger partial charge < -0.3 is 5.11 Å². The summed E-state index contributed by atoms with van der Waals surface area (Å²) in [5, 5.41) is 10.5. The SMILES string of the molecule is O=c1c2c(C(Cl)(Cl)Cl)nsc2nc(-c2ccccc2O)n1CCc1ccccc1. The normalized spacial score (nSPS) is 11.8. The van der Waals surface area contributed by atoms with E-state index in [0.717, 1.165) is 17.1 Å². The predicted molar refractivity (Wildman–Crippen MR) is 118 cm³/mol. The Morgan fingerprint density at radius 2 is 1.72 bits per heavy atom. The van der Waals surface area contributed by atoms with Crippen molar-refractivity contribution in [2.45, 2.75) is 16.8 Å². The van der Waals surface area contributed by atoms with Gasteiger partial charge in [-0.2, -0.15) is 4.37 Å². The Labute approximate surface area is 185 Å². The summed E-state index contributed by atoms with van der Waals surface area (Å²) in [5.74, 6) is 0.370. The molecule has 4 rings (SSSR count). The van der Waals surface area contributed by atoms with Crippen molar-refractivity contribution in [3.05, 3.63) is 76.2 Å². The number of alkyl halides is 3. The Balaban J connectivity index is 1.93. The van der Waals surface area contributed by atoms with Crippen LogP contribution in [0, 0.1) is 0 Å². The molecule has 0 unspecified atom stereocenters. The Morgan fingerprint density at radius 1 is 1.03 bits per heavy atom. The first-order chi connectivity index (χ1) is 13.9. The molecule has 2 aromatic heterocycles. The lowest BCUT2D eigenvalue weighted by atomic mass is 10.1. The molecule has 5 nitrogen and oxygen atoms in total. The van der Waals surface area contributed by atoms with Crippen molar-refractivity contribution < 1.29 is 5.11 Å². The van der Waals surface area contributed by atoms with Crippen molar-refractivity contribution in [1.82, 2.24) is 13.9 Å². The molecule has 0 atom stereocenters. The van der Waals surface area contributed by atoms with Crippen molar-refractivity contribution in [3.63, 3.8) is 0 Å². The average molecular weight is 467 g/mol. The fraction of sp³-hybridized carbons (Fsp3) is 0.150. The van der Waals surface area contributed by atoms with Crippen molar-refractivity contribution in [2.24, 2.45) is 0 Å². The number of hydrogen-bond acceptors (Lipinski definition) is 5. The van der Waals surface area contributed by atoms with E-state index in [0.29, 0.717) is 29.2 Å². The van der Waals surface area contributed by atoms with Crippen LogP contribution in [0.4, 0.5) is 0 Å². The molecule has 0 amide bonds. The number of benzene rings is 2. The van der Waals surface area contributed by atoms with Gasteiger partial charge >= 0.3 is 0 Å². The largest absolute Gasteiger partial charge is 0.507 e. The maximum atomic E-state index is 13.4. The summed E-state index contributed by atoms with van der Waals surface area (Å²) >= 11 is 19.0. The molecule has 2 heterocycles. The zero-order chi connectivity index (χ0) is 20.6. The Kier molecular flexibility index (Phi) is 5.53. The standard InChI is InChI=1S/C20H14Cl3N3O2S/c21-20(22,23)16-15-18(29-25-16)24-17(13-8-4-5-9-14(13)27)26(19(15)28)11-10-12-6-2-1-3-7-12/h1-9,27H,10-11H2. The first kappa shape index (κ1) is 20.2. The number of aromatic nitrogens is 3. The van der Waals surface area contributed by atoms with Gasteiger partial charge in [0.25, 0.3) is 5.56 Å². The minimum absolute atomic E-state index is 0.0262. The van der Waals surface area contributed by atoms with Gasteiger partial charge in [-0.05, 0) is 35.6 Å². The quantitative estimate of drug-likeness (QED) is 0.415. The second-order valence-corrected chi connectivity index (χ2v) is 9.39. The fourth-order valence-electron chi connectivity index (χ4n) is 3.09. The highest BCUT2D eigenvalue weighted by Gasteiger charge is 2.32. The number of halogens is 3. The van der Waals surface area contributed by atoms with Crippen LogP contribution in [0.5, 0.6) is 5.75 Å². The zero-order valence-electron chi connectivity index (χ0n) is 14.8. The van der Waals surface area contributed by atoms with Crippen LogP contribution >= 0.6 is 46.3 Å². The highest BCUT2D eigenvalue weighted by Crippen LogP contribution is 2.41. The monoisotopic (exact) mass is 465 g/mol. The minimum Gasteiger partial charge on any atom is -0.507 e. The van der Waals surface area contributed by atoms with Gasteiger partial charge in [-0.25, -0.2) is 4.98 Å². The molecular weight excluding hydrogens is 453 g/mol. The van der Waals surface area contributed by atoms with Crippen LogP contribution in [0.3, 0.4) is 0 Å². The zero-order valence-corrected chi connectivity index (χ0v) is 17.9. The second kappa shape index (κ2) is 7.95. The number of phenolic OH excluding ortho intramolecular Hbond substituents is 1. The molecule has 0 spiro atoms. The first-order valence-corrected chi connectivity index (χ1v) is 10.6. The second-order valence-electron chi connectivity index (χ2n) is 6.35. The molecular formula is C20H14Cl3N3O2S. The van der Waals surface area contributed by atoms with E-state index in [9.17, 15) is 9.90 Å². The van der Waals surface area contributed by atoms with E-state index in [-0.39, 0.29) is 22.4 Å². The summed E-state index contributed by atoms with van der Waals surface area (Å²) in [5.41, 5.74) is 1.22. The predicted octanol–water partition coefficient (Wildman–Crippen LogP) is 5.30. The van der Waals surface area contributed by atoms with Crippen LogP contribution < -0.4 is 5.56 Å². The lowest BCUT2D eigenvalue weighted by molar-refractivity contribution is 0.476. The maximum absolute atomic E-state index is 13.4. The molecule has 29 heavy (non-hydrogen) atoms. The topological polar surface area (TPSA) is 68.0 Å². The van der Waals surface area contributed by atoms with Crippen LogP contribution in [0.25, 0.3) is 21.6 Å². The van der Waals surface area contributed by atoms with Gasteiger partial charge in [0.1, 0.15) is 22.7 Å². The highest BCUT2D eigenvalue weighted by atomic mass is 35.6. The van der Waals surface area contributed by atoms with Gasteiger partial charge in [-0.15, -0.1) is 0 Å². The van der Waals surface area contributed by atoms with Crippen molar-refractivity contribution in [1.29, 1.82) is 0 Å². The number of rotatable bonds is 4. The van der Waals surface area contributed by atoms with Crippen molar-refractivity contribution >= 4 is 56.6 Å². The first-order valence-electron chi connectivity index (χ1n) is 8.66. The average Bonchev–Trinajstić information content (AvgIpc) is 3.13. The van der Waals surface area contributed by atoms with Gasteiger partial charge in [-0.1, -0.05) is 77.3 Å². The van der Waals surface area contributed by atoms with Crippen molar-refractivity contribution in [3.8, 4) is 17.1 Å². The number of nitrogens with zero attached hydrogens (tertiary/aromatic N) is 3. The molecule has 0 aliphatic rings. The molecule has 0 aliphatic heterocycles. The van der Waals surface area contributed by atoms with Gasteiger partial charge in [0.05, 0.1) is 5.56 Å². The highest BCUT2D eigenvalue weighted by molar-refractivity contribution is 7.13. The third-order valence-electron chi connectivity index (χ3n) is 4.48. The van der Waals surface area contributed by atoms with Gasteiger partial charge in [-0.3, -0.25) is 9.36 Å². The van der Waals surface area contributed by atoms with Crippen molar-refractivity contribution in [2.75, 3.05) is 0 Å². The van der Waals surface area contributed by atoms with Gasteiger partial charge in [0.2, 0.25) is 3.79 Å². The Bertz CT molecular complexity index is 1230. The van der Waals surface area contributed by atoms with E-state index in [1.54, 1.807) is 24.3 Å². The molecule has 9 heteroatoms. The lowest BCUT2D eigenvalue weighted by Crippen LogP contribution is -2.25. The third-order valence-corrected chi connectivity index (χ3v) is 5.76. The van der Waals surface area contributed by atoms with E-state index in [1.807, 2.05) is 30.3 Å². The van der Waals surface area contributed by atoms with Gasteiger partial charge in [0.15, 0.2) is 4.83 Å². The number of aromatic hydroxyl groups is 1. The van der Waals surface area contributed by atoms with Crippen LogP contribution in [-0.4, -0.2) is 19.0 Å². The summed E-state index contributed by atoms with van der Waals surface area (Å²) in [6.07, 6.45) is 0.592. The summed E-state index contributed by atoms with van der Waals surface area (Å²) in [6.45, 7) is 0.338. The number of fused-ring (bicyclic) bond motifs is 1. The fourth-order valence-corrected chi connectivity index (χ4v) is 4.46. The van der Waals surface area contributed by atoms with E-state index >= 15 is 0 Å². The van der Waals surface area contributed by atoms with Crippen LogP contribution in [0.15, 0.2) is 59.4 Å². The summed E-state index contributed by atoms with van der Waals surface area (Å²) in [6, 6.07) is 16.5. The Hall–Kier alpha value is -2.12. The molecule has 0 saturated heterocycles.